The maximum Gasteiger partial charge on any atom is 0.427 e. The molecular weight excluding hydrogens is 292 g/mol. The van der Waals surface area contributed by atoms with E-state index in [0.717, 1.165) is 11.1 Å². The zero-order valence-corrected chi connectivity index (χ0v) is 15.2. The fourth-order valence-electron chi connectivity index (χ4n) is 2.08. The molecule has 2 N–H and O–H groups in total. The van der Waals surface area contributed by atoms with Gasteiger partial charge in [-0.2, -0.15) is 5.10 Å². The van der Waals surface area contributed by atoms with E-state index >= 15 is 0 Å². The number of ether oxygens (including phenoxy) is 1. The monoisotopic (exact) mass is 320 g/mol. The second-order valence-electron chi connectivity index (χ2n) is 7.55. The van der Waals surface area contributed by atoms with Crippen molar-refractivity contribution in [1.82, 2.24) is 5.43 Å². The van der Waals surface area contributed by atoms with Crippen molar-refractivity contribution in [2.75, 3.05) is 6.61 Å². The Hall–Kier alpha value is -2.04. The number of hydrazone groups is 1. The van der Waals surface area contributed by atoms with Gasteiger partial charge in [-0.05, 0) is 29.4 Å². The number of carbonyl (C=O) groups excluding carboxylic acids is 1. The number of benzene rings is 1. The molecule has 23 heavy (non-hydrogen) atoms. The molecule has 0 saturated heterocycles. The quantitative estimate of drug-likeness (QED) is 0.651. The van der Waals surface area contributed by atoms with Crippen LogP contribution in [0.15, 0.2) is 17.2 Å². The minimum Gasteiger partial charge on any atom is -0.507 e. The van der Waals surface area contributed by atoms with E-state index in [0.29, 0.717) is 5.56 Å². The van der Waals surface area contributed by atoms with Crippen molar-refractivity contribution in [2.24, 2.45) is 5.10 Å². The van der Waals surface area contributed by atoms with E-state index in [9.17, 15) is 9.90 Å². The lowest BCUT2D eigenvalue weighted by molar-refractivity contribution is 0.152. The van der Waals surface area contributed by atoms with E-state index in [2.05, 4.69) is 31.3 Å². The number of hydrogen-bond acceptors (Lipinski definition) is 4. The molecule has 0 aromatic heterocycles. The lowest BCUT2D eigenvalue weighted by Crippen LogP contribution is -2.19. The zero-order chi connectivity index (χ0) is 17.8. The first kappa shape index (κ1) is 19.0. The van der Waals surface area contributed by atoms with Crippen LogP contribution in [-0.4, -0.2) is 24.0 Å². The molecule has 0 spiro atoms. The van der Waals surface area contributed by atoms with Crippen LogP contribution < -0.4 is 5.43 Å². The molecule has 5 nitrogen and oxygen atoms in total. The van der Waals surface area contributed by atoms with E-state index in [4.69, 9.17) is 4.74 Å². The SMILES string of the molecule is CCOC(=O)N/N=C\c1cc(C(C)(C)C)cc(C(C)(C)C)c1O. The highest BCUT2D eigenvalue weighted by molar-refractivity contribution is 5.85. The van der Waals surface area contributed by atoms with Gasteiger partial charge in [0.05, 0.1) is 12.8 Å². The van der Waals surface area contributed by atoms with Crippen molar-refractivity contribution in [3.8, 4) is 5.75 Å². The summed E-state index contributed by atoms with van der Waals surface area (Å²) in [7, 11) is 0. The van der Waals surface area contributed by atoms with Gasteiger partial charge in [-0.25, -0.2) is 10.2 Å². The summed E-state index contributed by atoms with van der Waals surface area (Å²) in [6.45, 7) is 14.5. The van der Waals surface area contributed by atoms with Crippen LogP contribution in [0.2, 0.25) is 0 Å². The highest BCUT2D eigenvalue weighted by Crippen LogP contribution is 2.36. The summed E-state index contributed by atoms with van der Waals surface area (Å²) in [5.41, 5.74) is 4.52. The van der Waals surface area contributed by atoms with Crippen molar-refractivity contribution >= 4 is 12.3 Å². The Bertz CT molecular complexity index is 594. The first-order valence-electron chi connectivity index (χ1n) is 7.80. The van der Waals surface area contributed by atoms with Crippen LogP contribution in [0.4, 0.5) is 4.79 Å². The third-order valence-corrected chi connectivity index (χ3v) is 3.45. The third-order valence-electron chi connectivity index (χ3n) is 3.45. The van der Waals surface area contributed by atoms with Crippen LogP contribution >= 0.6 is 0 Å². The maximum atomic E-state index is 11.3. The average molecular weight is 320 g/mol. The second kappa shape index (κ2) is 7.02. The fraction of sp³-hybridized carbons (Fsp3) is 0.556. The van der Waals surface area contributed by atoms with Crippen LogP contribution in [-0.2, 0) is 15.6 Å². The van der Waals surface area contributed by atoms with Crippen molar-refractivity contribution in [3.63, 3.8) is 0 Å². The standard InChI is InChI=1S/C18H28N2O3/c1-8-23-16(22)20-19-11-12-9-13(17(2,3)4)10-14(15(12)21)18(5,6)7/h9-11,21H,8H2,1-7H3,(H,20,22)/b19-11-. The van der Waals surface area contributed by atoms with E-state index < -0.39 is 6.09 Å². The molecule has 0 aliphatic rings. The largest absolute Gasteiger partial charge is 0.507 e. The molecule has 1 amide bonds. The number of carbonyl (C=O) groups is 1. The molecule has 128 valence electrons. The lowest BCUT2D eigenvalue weighted by Gasteiger charge is -2.26. The molecule has 1 rings (SSSR count). The first-order valence-corrected chi connectivity index (χ1v) is 7.80. The van der Waals surface area contributed by atoms with E-state index in [1.54, 1.807) is 6.92 Å². The Morgan fingerprint density at radius 2 is 1.83 bits per heavy atom. The van der Waals surface area contributed by atoms with Crippen LogP contribution in [0.5, 0.6) is 5.75 Å². The number of hydrogen-bond donors (Lipinski definition) is 2. The second-order valence-corrected chi connectivity index (χ2v) is 7.55. The van der Waals surface area contributed by atoms with Crippen LogP contribution in [0.25, 0.3) is 0 Å². The van der Waals surface area contributed by atoms with Gasteiger partial charge in [0.25, 0.3) is 0 Å². The minimum atomic E-state index is -0.619. The van der Waals surface area contributed by atoms with Crippen molar-refractivity contribution < 1.29 is 14.6 Å². The van der Waals surface area contributed by atoms with Gasteiger partial charge in [0.15, 0.2) is 0 Å². The number of rotatable bonds is 3. The Morgan fingerprint density at radius 1 is 1.22 bits per heavy atom. The molecule has 0 aliphatic carbocycles. The molecule has 0 aliphatic heterocycles. The van der Waals surface area contributed by atoms with Crippen LogP contribution in [0.3, 0.4) is 0 Å². The van der Waals surface area contributed by atoms with Gasteiger partial charge in [-0.15, -0.1) is 0 Å². The van der Waals surface area contributed by atoms with Gasteiger partial charge in [-0.3, -0.25) is 0 Å². The predicted octanol–water partition coefficient (Wildman–Crippen LogP) is 4.07. The highest BCUT2D eigenvalue weighted by Gasteiger charge is 2.24. The number of aromatic hydroxyl groups is 1. The van der Waals surface area contributed by atoms with Crippen LogP contribution in [0, 0.1) is 0 Å². The topological polar surface area (TPSA) is 70.9 Å². The number of nitrogens with zero attached hydrogens (tertiary/aromatic N) is 1. The summed E-state index contributed by atoms with van der Waals surface area (Å²) in [5, 5.41) is 14.4. The molecule has 1 aromatic carbocycles. The molecule has 0 saturated carbocycles. The first-order chi connectivity index (χ1) is 10.5. The molecule has 0 radical (unpaired) electrons. The summed E-state index contributed by atoms with van der Waals surface area (Å²) in [6, 6.07) is 3.92. The maximum absolute atomic E-state index is 11.3. The van der Waals surface area contributed by atoms with Crippen molar-refractivity contribution in [3.05, 3.63) is 28.8 Å². The Balaban J connectivity index is 3.25. The minimum absolute atomic E-state index is 0.0646. The summed E-state index contributed by atoms with van der Waals surface area (Å²) >= 11 is 0. The van der Waals surface area contributed by atoms with Gasteiger partial charge in [0.2, 0.25) is 0 Å². The number of amides is 1. The van der Waals surface area contributed by atoms with Gasteiger partial charge in [0, 0.05) is 11.1 Å². The molecule has 1 aromatic rings. The number of phenols is 1. The van der Waals surface area contributed by atoms with E-state index in [1.165, 1.54) is 6.21 Å². The zero-order valence-electron chi connectivity index (χ0n) is 15.2. The molecule has 0 bridgehead atoms. The predicted molar refractivity (Wildman–Crippen MR) is 93.3 cm³/mol. The Labute approximate surface area is 138 Å². The summed E-state index contributed by atoms with van der Waals surface area (Å²) < 4.78 is 4.74. The van der Waals surface area contributed by atoms with E-state index in [1.807, 2.05) is 32.9 Å². The van der Waals surface area contributed by atoms with Crippen molar-refractivity contribution in [1.29, 1.82) is 0 Å². The van der Waals surface area contributed by atoms with Crippen LogP contribution in [0.1, 0.15) is 65.2 Å². The molecule has 0 heterocycles. The lowest BCUT2D eigenvalue weighted by atomic mass is 9.79. The molecular formula is C18H28N2O3. The van der Waals surface area contributed by atoms with Gasteiger partial charge >= 0.3 is 6.09 Å². The van der Waals surface area contributed by atoms with Gasteiger partial charge < -0.3 is 9.84 Å². The smallest absolute Gasteiger partial charge is 0.427 e. The summed E-state index contributed by atoms with van der Waals surface area (Å²) in [6.07, 6.45) is 0.822. The van der Waals surface area contributed by atoms with E-state index in [-0.39, 0.29) is 23.2 Å². The summed E-state index contributed by atoms with van der Waals surface area (Å²) in [4.78, 5) is 11.3. The van der Waals surface area contributed by atoms with Gasteiger partial charge in [-0.1, -0.05) is 47.6 Å². The number of nitrogens with one attached hydrogen (secondary N) is 1. The Morgan fingerprint density at radius 3 is 2.30 bits per heavy atom. The number of phenolic OH excluding ortho intramolecular Hbond substituents is 1. The normalized spacial score (nSPS) is 12.5. The van der Waals surface area contributed by atoms with Crippen molar-refractivity contribution in [2.45, 2.75) is 59.3 Å². The molecule has 0 atom stereocenters. The summed E-state index contributed by atoms with van der Waals surface area (Å²) in [5.74, 6) is 0.180. The highest BCUT2D eigenvalue weighted by atomic mass is 16.5. The third kappa shape index (κ3) is 5.27. The molecule has 0 unspecified atom stereocenters. The van der Waals surface area contributed by atoms with Gasteiger partial charge in [0.1, 0.15) is 5.75 Å². The average Bonchev–Trinajstić information content (AvgIpc) is 2.38. The molecule has 5 heteroatoms. The Kier molecular flexibility index (Phi) is 5.81. The molecule has 0 fully saturated rings. The fourth-order valence-corrected chi connectivity index (χ4v) is 2.08.